The van der Waals surface area contributed by atoms with Crippen LogP contribution in [0.2, 0.25) is 0 Å². The van der Waals surface area contributed by atoms with E-state index in [-0.39, 0.29) is 17.4 Å². The van der Waals surface area contributed by atoms with Gasteiger partial charge < -0.3 is 14.5 Å². The summed E-state index contributed by atoms with van der Waals surface area (Å²) >= 11 is 0. The Hall–Kier alpha value is -2.12. The average Bonchev–Trinajstić information content (AvgIpc) is 3.03. The molecule has 0 aliphatic carbocycles. The predicted molar refractivity (Wildman–Crippen MR) is 86.5 cm³/mol. The van der Waals surface area contributed by atoms with E-state index in [1.165, 1.54) is 4.31 Å². The van der Waals surface area contributed by atoms with Gasteiger partial charge >= 0.3 is 0 Å². The third kappa shape index (κ3) is 3.09. The Bertz CT molecular complexity index is 840. The summed E-state index contributed by atoms with van der Waals surface area (Å²) < 4.78 is 29.4. The number of hydrogen-bond donors (Lipinski definition) is 0. The van der Waals surface area contributed by atoms with Gasteiger partial charge in [-0.25, -0.2) is 8.42 Å². The summed E-state index contributed by atoms with van der Waals surface area (Å²) in [6, 6.07) is 10.0. The van der Waals surface area contributed by atoms with Gasteiger partial charge in [0, 0.05) is 30.9 Å². The van der Waals surface area contributed by atoms with E-state index in [9.17, 15) is 18.3 Å². The van der Waals surface area contributed by atoms with E-state index in [0.717, 1.165) is 11.3 Å². The van der Waals surface area contributed by atoms with E-state index in [1.54, 1.807) is 24.3 Å². The maximum Gasteiger partial charge on any atom is 0.243 e. The number of carbonyl (C=O) groups excluding carboxylic acids is 1. The standard InChI is InChI=1S/C17H20N2O4S/c1-13-16-3-2-10-18(16)11-12-19(13)24(22,23)15-7-4-14(5-8-15)6-9-17(20)21/h2-5,7-8,10,13H,6,9,11-12H2,1H3,(H,20,21)/p-1/t13-/m1/s1. The maximum atomic E-state index is 12.9. The first-order valence-electron chi connectivity index (χ1n) is 7.85. The molecule has 2 heterocycles. The smallest absolute Gasteiger partial charge is 0.243 e. The number of hydrogen-bond acceptors (Lipinski definition) is 4. The van der Waals surface area contributed by atoms with Crippen LogP contribution in [0, 0.1) is 0 Å². The predicted octanol–water partition coefficient (Wildman–Crippen LogP) is 0.936. The molecule has 0 N–H and O–H groups in total. The van der Waals surface area contributed by atoms with Crippen LogP contribution in [0.5, 0.6) is 0 Å². The number of benzene rings is 1. The van der Waals surface area contributed by atoms with Crippen molar-refractivity contribution in [3.63, 3.8) is 0 Å². The Balaban J connectivity index is 1.82. The van der Waals surface area contributed by atoms with E-state index in [0.29, 0.717) is 19.5 Å². The topological polar surface area (TPSA) is 82.4 Å². The monoisotopic (exact) mass is 347 g/mol. The first-order chi connectivity index (χ1) is 11.4. The fourth-order valence-electron chi connectivity index (χ4n) is 3.10. The molecule has 0 bridgehead atoms. The highest BCUT2D eigenvalue weighted by Gasteiger charge is 2.33. The first kappa shape index (κ1) is 16.7. The number of aryl methyl sites for hydroxylation is 1. The van der Waals surface area contributed by atoms with Crippen molar-refractivity contribution in [1.82, 2.24) is 8.87 Å². The molecule has 0 saturated heterocycles. The molecule has 1 aliphatic heterocycles. The van der Waals surface area contributed by atoms with Crippen molar-refractivity contribution < 1.29 is 18.3 Å². The second-order valence-corrected chi connectivity index (χ2v) is 7.82. The molecule has 2 aromatic rings. The molecule has 0 radical (unpaired) electrons. The van der Waals surface area contributed by atoms with Crippen molar-refractivity contribution in [2.45, 2.75) is 37.2 Å². The van der Waals surface area contributed by atoms with Gasteiger partial charge in [0.25, 0.3) is 0 Å². The molecule has 128 valence electrons. The van der Waals surface area contributed by atoms with Crippen LogP contribution in [0.3, 0.4) is 0 Å². The molecule has 1 aliphatic rings. The van der Waals surface area contributed by atoms with Crippen LogP contribution in [0.1, 0.15) is 30.6 Å². The summed E-state index contributed by atoms with van der Waals surface area (Å²) in [7, 11) is -3.59. The Labute approximate surface area is 141 Å². The molecular formula is C17H19N2O4S-. The average molecular weight is 347 g/mol. The van der Waals surface area contributed by atoms with Crippen LogP contribution >= 0.6 is 0 Å². The number of rotatable bonds is 5. The van der Waals surface area contributed by atoms with E-state index in [2.05, 4.69) is 4.57 Å². The second-order valence-electron chi connectivity index (χ2n) is 5.93. The number of carboxylic acid groups (broad SMARTS) is 1. The number of nitrogens with zero attached hydrogens (tertiary/aromatic N) is 2. The van der Waals surface area contributed by atoms with Gasteiger partial charge in [-0.3, -0.25) is 0 Å². The highest BCUT2D eigenvalue weighted by atomic mass is 32.2. The summed E-state index contributed by atoms with van der Waals surface area (Å²) in [6.45, 7) is 2.95. The lowest BCUT2D eigenvalue weighted by Crippen LogP contribution is -2.40. The van der Waals surface area contributed by atoms with Crippen molar-refractivity contribution in [1.29, 1.82) is 0 Å². The Morgan fingerprint density at radius 3 is 2.58 bits per heavy atom. The number of carbonyl (C=O) groups is 1. The lowest BCUT2D eigenvalue weighted by atomic mass is 10.1. The lowest BCUT2D eigenvalue weighted by Gasteiger charge is -2.33. The van der Waals surface area contributed by atoms with Crippen molar-refractivity contribution in [2.75, 3.05) is 6.54 Å². The van der Waals surface area contributed by atoms with Crippen LogP contribution in [0.4, 0.5) is 0 Å². The summed E-state index contributed by atoms with van der Waals surface area (Å²) in [4.78, 5) is 10.7. The summed E-state index contributed by atoms with van der Waals surface area (Å²) in [5.74, 6) is -1.11. The van der Waals surface area contributed by atoms with Gasteiger partial charge in [-0.05, 0) is 49.6 Å². The normalized spacial score (nSPS) is 18.3. The SMILES string of the molecule is C[C@@H]1c2cccn2CCN1S(=O)(=O)c1ccc(CCC(=O)[O-])cc1. The van der Waals surface area contributed by atoms with Crippen LogP contribution in [-0.4, -0.2) is 29.8 Å². The molecule has 0 saturated carbocycles. The summed E-state index contributed by atoms with van der Waals surface area (Å²) in [5, 5.41) is 10.5. The maximum absolute atomic E-state index is 12.9. The van der Waals surface area contributed by atoms with Gasteiger partial charge in [0.15, 0.2) is 0 Å². The number of carboxylic acids is 1. The zero-order chi connectivity index (χ0) is 17.3. The summed E-state index contributed by atoms with van der Waals surface area (Å²) in [5.41, 5.74) is 1.76. The highest BCUT2D eigenvalue weighted by Crippen LogP contribution is 2.31. The van der Waals surface area contributed by atoms with Gasteiger partial charge in [-0.2, -0.15) is 4.31 Å². The molecule has 0 spiro atoms. The van der Waals surface area contributed by atoms with E-state index in [4.69, 9.17) is 0 Å². The third-order valence-electron chi connectivity index (χ3n) is 4.43. The largest absolute Gasteiger partial charge is 0.550 e. The van der Waals surface area contributed by atoms with Crippen LogP contribution in [0.15, 0.2) is 47.5 Å². The van der Waals surface area contributed by atoms with Crippen molar-refractivity contribution in [3.05, 3.63) is 53.9 Å². The minimum Gasteiger partial charge on any atom is -0.550 e. The van der Waals surface area contributed by atoms with Gasteiger partial charge in [0.2, 0.25) is 10.0 Å². The van der Waals surface area contributed by atoms with Crippen molar-refractivity contribution in [3.8, 4) is 0 Å². The molecular weight excluding hydrogens is 328 g/mol. The molecule has 6 nitrogen and oxygen atoms in total. The molecule has 0 amide bonds. The first-order valence-corrected chi connectivity index (χ1v) is 9.29. The van der Waals surface area contributed by atoms with E-state index < -0.39 is 16.0 Å². The minimum absolute atomic E-state index is 0.0771. The quantitative estimate of drug-likeness (QED) is 0.806. The summed E-state index contributed by atoms with van der Waals surface area (Å²) in [6.07, 6.45) is 2.21. The molecule has 7 heteroatoms. The third-order valence-corrected chi connectivity index (χ3v) is 6.42. The minimum atomic E-state index is -3.59. The van der Waals surface area contributed by atoms with Crippen LogP contribution in [-0.2, 0) is 27.8 Å². The fraction of sp³-hybridized carbons (Fsp3) is 0.353. The number of fused-ring (bicyclic) bond motifs is 1. The van der Waals surface area contributed by atoms with Gasteiger partial charge in [-0.1, -0.05) is 12.1 Å². The Morgan fingerprint density at radius 2 is 1.92 bits per heavy atom. The molecule has 3 rings (SSSR count). The fourth-order valence-corrected chi connectivity index (χ4v) is 4.69. The molecule has 24 heavy (non-hydrogen) atoms. The number of aliphatic carboxylic acids is 1. The molecule has 1 atom stereocenters. The zero-order valence-electron chi connectivity index (χ0n) is 13.4. The number of aromatic nitrogens is 1. The molecule has 1 aromatic carbocycles. The molecule has 1 aromatic heterocycles. The van der Waals surface area contributed by atoms with Gasteiger partial charge in [-0.15, -0.1) is 0 Å². The molecule has 0 unspecified atom stereocenters. The Morgan fingerprint density at radius 1 is 1.21 bits per heavy atom. The van der Waals surface area contributed by atoms with Crippen LogP contribution < -0.4 is 5.11 Å². The molecule has 0 fully saturated rings. The highest BCUT2D eigenvalue weighted by molar-refractivity contribution is 7.89. The van der Waals surface area contributed by atoms with Gasteiger partial charge in [0.05, 0.1) is 10.9 Å². The lowest BCUT2D eigenvalue weighted by molar-refractivity contribution is -0.305. The van der Waals surface area contributed by atoms with E-state index in [1.807, 2.05) is 25.3 Å². The Kier molecular flexibility index (Phi) is 4.47. The van der Waals surface area contributed by atoms with Crippen molar-refractivity contribution >= 4 is 16.0 Å². The second kappa shape index (κ2) is 6.41. The van der Waals surface area contributed by atoms with E-state index >= 15 is 0 Å². The number of sulfonamides is 1. The van der Waals surface area contributed by atoms with Crippen LogP contribution in [0.25, 0.3) is 0 Å². The van der Waals surface area contributed by atoms with Crippen molar-refractivity contribution in [2.24, 2.45) is 0 Å². The van der Waals surface area contributed by atoms with Gasteiger partial charge in [0.1, 0.15) is 0 Å². The zero-order valence-corrected chi connectivity index (χ0v) is 14.2.